The van der Waals surface area contributed by atoms with Gasteiger partial charge in [0.15, 0.2) is 0 Å². The summed E-state index contributed by atoms with van der Waals surface area (Å²) in [6, 6.07) is -0.709. The average Bonchev–Trinajstić information content (AvgIpc) is 3.22. The lowest BCUT2D eigenvalue weighted by molar-refractivity contribution is -0.151. The van der Waals surface area contributed by atoms with E-state index in [1.54, 1.807) is 0 Å². The van der Waals surface area contributed by atoms with Crippen molar-refractivity contribution in [1.82, 2.24) is 5.32 Å². The summed E-state index contributed by atoms with van der Waals surface area (Å²) in [6.07, 6.45) is 55.6. The number of carbonyl (C=O) groups is 2. The third kappa shape index (κ3) is 40.3. The van der Waals surface area contributed by atoms with Gasteiger partial charge in [-0.05, 0) is 44.9 Å². The Morgan fingerprint density at radius 1 is 0.517 bits per heavy atom. The molecule has 0 aromatic heterocycles. The normalized spacial score (nSPS) is 13.8. The maximum absolute atomic E-state index is 13.2. The molecule has 0 radical (unpaired) electrons. The van der Waals surface area contributed by atoms with Gasteiger partial charge in [-0.1, -0.05) is 236 Å². The fourth-order valence-corrected chi connectivity index (χ4v) is 7.27. The highest BCUT2D eigenvalue weighted by Gasteiger charge is 2.24. The SMILES string of the molecule is CC/C=C/C=C/C=C\C=C/C=C/CCCCCC(=O)OC(CCCCCCCCCCCCCCCC)CC(=O)NC(CO)C(O)CCCCCCCCCCCC. The standard InChI is InChI=1S/C52H93NO5/c1-4-7-10-13-16-19-22-24-26-28-30-33-36-39-42-45-52(57)58-48(43-40-37-34-31-29-27-25-23-20-17-14-11-8-5-2)46-51(56)53-49(47-54)50(55)44-41-38-35-32-21-18-15-12-9-6-3/h7,10,13,16,19,22,24,26,28,30,48-50,54-55H,4-6,8-9,11-12,14-15,17-18,20-21,23,25,27,29,31-47H2,1-3H3,(H,53,56)/b10-7+,16-13+,22-19-,26-24-,30-28+. The van der Waals surface area contributed by atoms with Crippen LogP contribution in [0.25, 0.3) is 0 Å². The Hall–Kier alpha value is -2.44. The minimum Gasteiger partial charge on any atom is -0.462 e. The maximum Gasteiger partial charge on any atom is 0.306 e. The monoisotopic (exact) mass is 812 g/mol. The van der Waals surface area contributed by atoms with Crippen molar-refractivity contribution in [2.45, 2.75) is 251 Å². The highest BCUT2D eigenvalue weighted by Crippen LogP contribution is 2.18. The number of amides is 1. The Balaban J connectivity index is 4.67. The van der Waals surface area contributed by atoms with Crippen LogP contribution in [0.15, 0.2) is 60.8 Å². The predicted molar refractivity (Wildman–Crippen MR) is 250 cm³/mol. The maximum atomic E-state index is 13.2. The number of rotatable bonds is 43. The van der Waals surface area contributed by atoms with Gasteiger partial charge in [-0.2, -0.15) is 0 Å². The lowest BCUT2D eigenvalue weighted by atomic mass is 10.0. The number of unbranched alkanes of at least 4 members (excludes halogenated alkanes) is 25. The molecular formula is C52H93NO5. The molecule has 0 spiro atoms. The van der Waals surface area contributed by atoms with E-state index in [4.69, 9.17) is 4.74 Å². The smallest absolute Gasteiger partial charge is 0.306 e. The van der Waals surface area contributed by atoms with Crippen LogP contribution < -0.4 is 5.32 Å². The summed E-state index contributed by atoms with van der Waals surface area (Å²) in [5.41, 5.74) is 0. The predicted octanol–water partition coefficient (Wildman–Crippen LogP) is 14.5. The topological polar surface area (TPSA) is 95.9 Å². The van der Waals surface area contributed by atoms with Gasteiger partial charge < -0.3 is 20.3 Å². The first-order chi connectivity index (χ1) is 28.5. The summed E-state index contributed by atoms with van der Waals surface area (Å²) in [5.74, 6) is -0.520. The molecule has 3 unspecified atom stereocenters. The first-order valence-electron chi connectivity index (χ1n) is 24.6. The summed E-state index contributed by atoms with van der Waals surface area (Å²) in [4.78, 5) is 26.1. The second-order valence-corrected chi connectivity index (χ2v) is 16.6. The molecule has 6 heteroatoms. The number of ether oxygens (including phenoxy) is 1. The van der Waals surface area contributed by atoms with E-state index in [0.29, 0.717) is 19.3 Å². The number of hydrogen-bond acceptors (Lipinski definition) is 5. The molecule has 0 aliphatic heterocycles. The van der Waals surface area contributed by atoms with Crippen LogP contribution in [0.1, 0.15) is 233 Å². The van der Waals surface area contributed by atoms with Gasteiger partial charge in [-0.25, -0.2) is 0 Å². The van der Waals surface area contributed by atoms with E-state index in [0.717, 1.165) is 70.6 Å². The zero-order valence-electron chi connectivity index (χ0n) is 38.2. The highest BCUT2D eigenvalue weighted by atomic mass is 16.5. The van der Waals surface area contributed by atoms with Gasteiger partial charge in [0.1, 0.15) is 6.10 Å². The molecule has 3 N–H and O–H groups in total. The summed E-state index contributed by atoms with van der Waals surface area (Å²) >= 11 is 0. The zero-order valence-corrected chi connectivity index (χ0v) is 38.2. The molecule has 6 nitrogen and oxygen atoms in total. The first kappa shape index (κ1) is 55.6. The fraction of sp³-hybridized carbons (Fsp3) is 0.769. The van der Waals surface area contributed by atoms with Gasteiger partial charge in [-0.15, -0.1) is 0 Å². The average molecular weight is 812 g/mol. The van der Waals surface area contributed by atoms with Crippen molar-refractivity contribution in [3.05, 3.63) is 60.8 Å². The Morgan fingerprint density at radius 2 is 0.931 bits per heavy atom. The van der Waals surface area contributed by atoms with Crippen LogP contribution in [0.4, 0.5) is 0 Å². The van der Waals surface area contributed by atoms with Crippen LogP contribution in [-0.2, 0) is 14.3 Å². The molecule has 58 heavy (non-hydrogen) atoms. The van der Waals surface area contributed by atoms with Gasteiger partial charge in [0.05, 0.1) is 25.2 Å². The molecule has 0 heterocycles. The molecule has 336 valence electrons. The van der Waals surface area contributed by atoms with E-state index in [1.165, 1.54) is 116 Å². The molecule has 0 aromatic carbocycles. The van der Waals surface area contributed by atoms with Crippen LogP contribution in [0.5, 0.6) is 0 Å². The van der Waals surface area contributed by atoms with Crippen molar-refractivity contribution >= 4 is 11.9 Å². The van der Waals surface area contributed by atoms with E-state index in [-0.39, 0.29) is 24.9 Å². The lowest BCUT2D eigenvalue weighted by Crippen LogP contribution is -2.46. The highest BCUT2D eigenvalue weighted by molar-refractivity contribution is 5.77. The van der Waals surface area contributed by atoms with Gasteiger partial charge in [0.25, 0.3) is 0 Å². The molecule has 0 aliphatic rings. The summed E-state index contributed by atoms with van der Waals surface area (Å²) in [7, 11) is 0. The van der Waals surface area contributed by atoms with Crippen molar-refractivity contribution in [3.63, 3.8) is 0 Å². The van der Waals surface area contributed by atoms with Crippen LogP contribution in [0.2, 0.25) is 0 Å². The number of carbonyl (C=O) groups excluding carboxylic acids is 2. The Labute approximate surface area is 358 Å². The van der Waals surface area contributed by atoms with Crippen molar-refractivity contribution < 1.29 is 24.5 Å². The molecule has 0 fully saturated rings. The van der Waals surface area contributed by atoms with E-state index in [2.05, 4.69) is 50.4 Å². The van der Waals surface area contributed by atoms with Crippen LogP contribution in [-0.4, -0.2) is 46.9 Å². The minimum absolute atomic E-state index is 0.0609. The first-order valence-corrected chi connectivity index (χ1v) is 24.6. The third-order valence-electron chi connectivity index (χ3n) is 11.0. The Kier molecular flexibility index (Phi) is 43.7. The quantitative estimate of drug-likeness (QED) is 0.0324. The molecule has 0 saturated carbocycles. The third-order valence-corrected chi connectivity index (χ3v) is 11.0. The molecule has 0 saturated heterocycles. The van der Waals surface area contributed by atoms with Crippen molar-refractivity contribution in [2.75, 3.05) is 6.61 Å². The van der Waals surface area contributed by atoms with Crippen LogP contribution in [0, 0.1) is 0 Å². The van der Waals surface area contributed by atoms with Crippen LogP contribution in [0.3, 0.4) is 0 Å². The minimum atomic E-state index is -0.794. The molecule has 0 aliphatic carbocycles. The summed E-state index contributed by atoms with van der Waals surface area (Å²) in [5, 5.41) is 23.7. The second-order valence-electron chi connectivity index (χ2n) is 16.6. The number of hydrogen-bond donors (Lipinski definition) is 3. The number of aliphatic hydroxyl groups excluding tert-OH is 2. The summed E-state index contributed by atoms with van der Waals surface area (Å²) in [6.45, 7) is 6.32. The summed E-state index contributed by atoms with van der Waals surface area (Å²) < 4.78 is 5.91. The van der Waals surface area contributed by atoms with Gasteiger partial charge >= 0.3 is 5.97 Å². The van der Waals surface area contributed by atoms with Gasteiger partial charge in [0, 0.05) is 6.42 Å². The number of allylic oxidation sites excluding steroid dienone is 10. The van der Waals surface area contributed by atoms with Gasteiger partial charge in [0.2, 0.25) is 5.91 Å². The van der Waals surface area contributed by atoms with E-state index >= 15 is 0 Å². The molecule has 3 atom stereocenters. The fourth-order valence-electron chi connectivity index (χ4n) is 7.27. The van der Waals surface area contributed by atoms with Crippen molar-refractivity contribution in [2.24, 2.45) is 0 Å². The van der Waals surface area contributed by atoms with E-state index in [9.17, 15) is 19.8 Å². The molecular weight excluding hydrogens is 719 g/mol. The van der Waals surface area contributed by atoms with Crippen molar-refractivity contribution in [1.29, 1.82) is 0 Å². The van der Waals surface area contributed by atoms with Gasteiger partial charge in [-0.3, -0.25) is 9.59 Å². The molecule has 0 aromatic rings. The van der Waals surface area contributed by atoms with E-state index in [1.807, 2.05) is 36.5 Å². The molecule has 0 bridgehead atoms. The number of aliphatic hydroxyl groups is 2. The molecule has 1 amide bonds. The second kappa shape index (κ2) is 45.6. The van der Waals surface area contributed by atoms with E-state index < -0.39 is 18.2 Å². The zero-order chi connectivity index (χ0) is 42.4. The molecule has 0 rings (SSSR count). The largest absolute Gasteiger partial charge is 0.462 e. The lowest BCUT2D eigenvalue weighted by Gasteiger charge is -2.24. The Bertz CT molecular complexity index is 1050. The Morgan fingerprint density at radius 3 is 1.40 bits per heavy atom. The van der Waals surface area contributed by atoms with Crippen molar-refractivity contribution in [3.8, 4) is 0 Å². The number of nitrogens with one attached hydrogen (secondary N) is 1. The number of esters is 1. The van der Waals surface area contributed by atoms with Crippen LogP contribution >= 0.6 is 0 Å².